The highest BCUT2D eigenvalue weighted by atomic mass is 32.1. The summed E-state index contributed by atoms with van der Waals surface area (Å²) in [5, 5.41) is 22.0. The maximum Gasteiger partial charge on any atom is 0.416 e. The number of nitrogens with one attached hydrogen (secondary N) is 1. The number of halogens is 3. The molecule has 0 bridgehead atoms. The molecule has 0 fully saturated rings. The van der Waals surface area contributed by atoms with Gasteiger partial charge in [0.25, 0.3) is 11.2 Å². The third kappa shape index (κ3) is 3.96. The molecule has 4 rings (SSSR count). The van der Waals surface area contributed by atoms with Crippen LogP contribution in [0.4, 0.5) is 24.5 Å². The number of aromatic hydroxyl groups is 1. The van der Waals surface area contributed by atoms with Crippen LogP contribution in [-0.4, -0.2) is 25.3 Å². The fourth-order valence-electron chi connectivity index (χ4n) is 3.44. The van der Waals surface area contributed by atoms with Crippen LogP contribution in [0.1, 0.15) is 23.6 Å². The Kier molecular flexibility index (Phi) is 5.24. The second-order valence-electron chi connectivity index (χ2n) is 7.09. The SMILES string of the molecule is CC1=Nc2ccc([N+](=O)[O-])cc2/C1=C\c1c(O)n(-c2cccc(C(F)(F)F)c2)c(=S)[nH]c1=O. The number of H-pyrrole nitrogens is 1. The third-order valence-electron chi connectivity index (χ3n) is 5.00. The summed E-state index contributed by atoms with van der Waals surface area (Å²) in [5.74, 6) is -0.692. The lowest BCUT2D eigenvalue weighted by atomic mass is 10.0. The van der Waals surface area contributed by atoms with Crippen LogP contribution in [-0.2, 0) is 6.18 Å². The zero-order valence-electron chi connectivity index (χ0n) is 16.7. The molecule has 0 aliphatic carbocycles. The summed E-state index contributed by atoms with van der Waals surface area (Å²) in [5.41, 5.74) is -0.796. The molecule has 0 saturated heterocycles. The molecule has 12 heteroatoms. The lowest BCUT2D eigenvalue weighted by Gasteiger charge is -2.14. The number of rotatable bonds is 3. The number of nitro benzene ring substituents is 1. The summed E-state index contributed by atoms with van der Waals surface area (Å²) in [6.07, 6.45) is -3.36. The van der Waals surface area contributed by atoms with Crippen LogP contribution in [0.25, 0.3) is 17.3 Å². The number of aromatic amines is 1. The van der Waals surface area contributed by atoms with Crippen molar-refractivity contribution in [1.29, 1.82) is 0 Å². The number of aromatic nitrogens is 2. The Labute approximate surface area is 188 Å². The molecular formula is C21H13F3N4O4S. The molecule has 33 heavy (non-hydrogen) atoms. The Balaban J connectivity index is 1.92. The highest BCUT2D eigenvalue weighted by molar-refractivity contribution is 7.71. The quantitative estimate of drug-likeness (QED) is 0.309. The van der Waals surface area contributed by atoms with Gasteiger partial charge in [-0.25, -0.2) is 0 Å². The summed E-state index contributed by atoms with van der Waals surface area (Å²) < 4.78 is 40.0. The first-order valence-electron chi connectivity index (χ1n) is 9.29. The maximum atomic E-state index is 13.1. The van der Waals surface area contributed by atoms with E-state index in [1.165, 1.54) is 30.3 Å². The fraction of sp³-hybridized carbons (Fsp3) is 0.0952. The van der Waals surface area contributed by atoms with E-state index >= 15 is 0 Å². The van der Waals surface area contributed by atoms with Crippen molar-refractivity contribution in [3.05, 3.63) is 84.4 Å². The van der Waals surface area contributed by atoms with Crippen molar-refractivity contribution in [2.75, 3.05) is 0 Å². The average molecular weight is 474 g/mol. The predicted octanol–water partition coefficient (Wildman–Crippen LogP) is 5.17. The number of nitrogens with zero attached hydrogens (tertiary/aromatic N) is 3. The standard InChI is InChI=1S/C21H13F3N4O4S/c1-10-14(15-8-13(28(31)32)5-6-17(15)25-10)9-16-18(29)26-20(33)27(19(16)30)12-4-2-3-11(7-12)21(22,23)24/h2-9,30H,1H3,(H,26,29,33)/b14-9-. The number of alkyl halides is 3. The first-order chi connectivity index (χ1) is 15.5. The van der Waals surface area contributed by atoms with Crippen LogP contribution in [0.5, 0.6) is 5.88 Å². The van der Waals surface area contributed by atoms with Gasteiger partial charge in [-0.3, -0.25) is 29.5 Å². The molecule has 0 atom stereocenters. The van der Waals surface area contributed by atoms with Gasteiger partial charge in [-0.05, 0) is 49.5 Å². The molecule has 8 nitrogen and oxygen atoms in total. The molecular weight excluding hydrogens is 461 g/mol. The molecule has 0 amide bonds. The van der Waals surface area contributed by atoms with E-state index in [1.807, 2.05) is 0 Å². The van der Waals surface area contributed by atoms with Crippen molar-refractivity contribution in [3.8, 4) is 11.6 Å². The number of nitro groups is 1. The van der Waals surface area contributed by atoms with Crippen molar-refractivity contribution in [3.63, 3.8) is 0 Å². The van der Waals surface area contributed by atoms with Gasteiger partial charge in [-0.15, -0.1) is 0 Å². The van der Waals surface area contributed by atoms with Crippen LogP contribution in [0, 0.1) is 14.9 Å². The van der Waals surface area contributed by atoms with Crippen molar-refractivity contribution >= 4 is 41.0 Å². The van der Waals surface area contributed by atoms with Gasteiger partial charge in [0.2, 0.25) is 5.88 Å². The van der Waals surface area contributed by atoms with Gasteiger partial charge >= 0.3 is 6.18 Å². The number of non-ortho nitro benzene ring substituents is 1. The van der Waals surface area contributed by atoms with Crippen LogP contribution in [0.3, 0.4) is 0 Å². The van der Waals surface area contributed by atoms with Gasteiger partial charge in [0.05, 0.1) is 21.9 Å². The zero-order valence-corrected chi connectivity index (χ0v) is 17.5. The van der Waals surface area contributed by atoms with E-state index in [1.54, 1.807) is 6.92 Å². The fourth-order valence-corrected chi connectivity index (χ4v) is 3.73. The predicted molar refractivity (Wildman–Crippen MR) is 118 cm³/mol. The largest absolute Gasteiger partial charge is 0.494 e. The first-order valence-corrected chi connectivity index (χ1v) is 9.70. The number of benzene rings is 2. The van der Waals surface area contributed by atoms with Gasteiger partial charge in [0.15, 0.2) is 4.77 Å². The number of aliphatic imine (C=N–C) groups is 1. The van der Waals surface area contributed by atoms with Crippen molar-refractivity contribution in [2.45, 2.75) is 13.1 Å². The smallest absolute Gasteiger partial charge is 0.416 e. The molecule has 1 aliphatic heterocycles. The van der Waals surface area contributed by atoms with E-state index in [4.69, 9.17) is 12.2 Å². The maximum absolute atomic E-state index is 13.1. The number of hydrogen-bond acceptors (Lipinski definition) is 6. The van der Waals surface area contributed by atoms with E-state index < -0.39 is 28.1 Å². The monoisotopic (exact) mass is 474 g/mol. The van der Waals surface area contributed by atoms with Gasteiger partial charge < -0.3 is 5.11 Å². The summed E-state index contributed by atoms with van der Waals surface area (Å²) in [7, 11) is 0. The number of allylic oxidation sites excluding steroid dienone is 1. The second-order valence-corrected chi connectivity index (χ2v) is 7.48. The Hall–Kier alpha value is -4.06. The third-order valence-corrected chi connectivity index (χ3v) is 5.28. The normalized spacial score (nSPS) is 14.3. The Morgan fingerprint density at radius 3 is 2.64 bits per heavy atom. The first kappa shape index (κ1) is 22.1. The molecule has 2 N–H and O–H groups in total. The molecule has 3 aromatic rings. The van der Waals surface area contributed by atoms with E-state index in [2.05, 4.69) is 9.98 Å². The molecule has 2 heterocycles. The lowest BCUT2D eigenvalue weighted by molar-refractivity contribution is -0.384. The molecule has 0 unspecified atom stereocenters. The average Bonchev–Trinajstić information content (AvgIpc) is 3.04. The Morgan fingerprint density at radius 1 is 1.24 bits per heavy atom. The van der Waals surface area contributed by atoms with Gasteiger partial charge in [0, 0.05) is 29.0 Å². The molecule has 0 spiro atoms. The summed E-state index contributed by atoms with van der Waals surface area (Å²) in [6.45, 7) is 1.62. The highest BCUT2D eigenvalue weighted by Gasteiger charge is 2.31. The van der Waals surface area contributed by atoms with Crippen molar-refractivity contribution < 1.29 is 23.2 Å². The zero-order chi connectivity index (χ0) is 24.1. The molecule has 168 valence electrons. The minimum Gasteiger partial charge on any atom is -0.494 e. The van der Waals surface area contributed by atoms with Gasteiger partial charge in [-0.1, -0.05) is 6.07 Å². The summed E-state index contributed by atoms with van der Waals surface area (Å²) in [4.78, 5) is 29.8. The summed E-state index contributed by atoms with van der Waals surface area (Å²) in [6, 6.07) is 8.11. The van der Waals surface area contributed by atoms with Gasteiger partial charge in [-0.2, -0.15) is 13.2 Å². The van der Waals surface area contributed by atoms with E-state index in [0.29, 0.717) is 22.5 Å². The van der Waals surface area contributed by atoms with E-state index in [9.17, 15) is 33.2 Å². The van der Waals surface area contributed by atoms with Crippen molar-refractivity contribution in [2.24, 2.45) is 4.99 Å². The topological polar surface area (TPSA) is 114 Å². The summed E-state index contributed by atoms with van der Waals surface area (Å²) >= 11 is 5.07. The lowest BCUT2D eigenvalue weighted by Crippen LogP contribution is -2.17. The van der Waals surface area contributed by atoms with Crippen LogP contribution >= 0.6 is 12.2 Å². The Bertz CT molecular complexity index is 1500. The minimum atomic E-state index is -4.63. The second kappa shape index (κ2) is 7.81. The Morgan fingerprint density at radius 2 is 1.97 bits per heavy atom. The van der Waals surface area contributed by atoms with Crippen LogP contribution < -0.4 is 5.56 Å². The minimum absolute atomic E-state index is 0.115. The van der Waals surface area contributed by atoms with Gasteiger partial charge in [0.1, 0.15) is 5.56 Å². The number of fused-ring (bicyclic) bond motifs is 1. The molecule has 0 saturated carbocycles. The highest BCUT2D eigenvalue weighted by Crippen LogP contribution is 2.39. The van der Waals surface area contributed by atoms with Crippen LogP contribution in [0.15, 0.2) is 52.3 Å². The van der Waals surface area contributed by atoms with E-state index in [-0.39, 0.29) is 21.7 Å². The number of hydrogen-bond donors (Lipinski definition) is 2. The molecule has 1 aliphatic rings. The van der Waals surface area contributed by atoms with Crippen molar-refractivity contribution in [1.82, 2.24) is 9.55 Å². The molecule has 0 radical (unpaired) electrons. The molecule has 2 aromatic carbocycles. The van der Waals surface area contributed by atoms with E-state index in [0.717, 1.165) is 22.8 Å². The molecule has 1 aromatic heterocycles. The van der Waals surface area contributed by atoms with Crippen LogP contribution in [0.2, 0.25) is 0 Å².